The summed E-state index contributed by atoms with van der Waals surface area (Å²) in [6, 6.07) is 5.99. The fraction of sp³-hybridized carbons (Fsp3) is 0.353. The highest BCUT2D eigenvalue weighted by molar-refractivity contribution is 5.45. The van der Waals surface area contributed by atoms with Crippen molar-refractivity contribution >= 4 is 5.69 Å². The van der Waals surface area contributed by atoms with Crippen LogP contribution in [0.5, 0.6) is 0 Å². The second-order valence-corrected chi connectivity index (χ2v) is 5.96. The predicted octanol–water partition coefficient (Wildman–Crippen LogP) is 3.75. The molecule has 1 aliphatic rings. The van der Waals surface area contributed by atoms with E-state index in [0.717, 1.165) is 30.8 Å². The maximum atomic E-state index is 13.6. The molecule has 0 unspecified atom stereocenters. The van der Waals surface area contributed by atoms with E-state index in [4.69, 9.17) is 0 Å². The standard InChI is InChI=1S/C17H16F5N3/c18-15-7-11(1-3-14(15)17(20,21)22)8-23-12-5-6-25(10-12)13-2-4-16(19)24-9-13/h1-4,7,9,12,23H,5-6,8,10H2/t12-/m0/s1. The van der Waals surface area contributed by atoms with Gasteiger partial charge >= 0.3 is 6.18 Å². The van der Waals surface area contributed by atoms with Gasteiger partial charge in [0.15, 0.2) is 0 Å². The summed E-state index contributed by atoms with van der Waals surface area (Å²) in [7, 11) is 0. The zero-order valence-corrected chi connectivity index (χ0v) is 13.2. The lowest BCUT2D eigenvalue weighted by Crippen LogP contribution is -2.32. The number of anilines is 1. The van der Waals surface area contributed by atoms with Crippen LogP contribution < -0.4 is 10.2 Å². The number of aromatic nitrogens is 1. The molecular weight excluding hydrogens is 341 g/mol. The van der Waals surface area contributed by atoms with Gasteiger partial charge in [-0.25, -0.2) is 9.37 Å². The fourth-order valence-corrected chi connectivity index (χ4v) is 2.88. The van der Waals surface area contributed by atoms with E-state index >= 15 is 0 Å². The third-order valence-corrected chi connectivity index (χ3v) is 4.20. The molecule has 2 heterocycles. The Hall–Kier alpha value is -2.22. The van der Waals surface area contributed by atoms with Gasteiger partial charge in [0.05, 0.1) is 17.4 Å². The first kappa shape index (κ1) is 17.6. The number of halogens is 5. The van der Waals surface area contributed by atoms with E-state index in [-0.39, 0.29) is 12.6 Å². The number of nitrogens with zero attached hydrogens (tertiary/aromatic N) is 2. The Balaban J connectivity index is 1.56. The van der Waals surface area contributed by atoms with Crippen LogP contribution in [0.3, 0.4) is 0 Å². The van der Waals surface area contributed by atoms with E-state index in [1.54, 1.807) is 6.07 Å². The summed E-state index contributed by atoms with van der Waals surface area (Å²) in [5.74, 6) is -1.81. The Kier molecular flexibility index (Phi) is 4.89. The monoisotopic (exact) mass is 357 g/mol. The lowest BCUT2D eigenvalue weighted by Gasteiger charge is -2.18. The maximum Gasteiger partial charge on any atom is 0.419 e. The molecule has 8 heteroatoms. The third-order valence-electron chi connectivity index (χ3n) is 4.20. The molecule has 0 aliphatic carbocycles. The van der Waals surface area contributed by atoms with Gasteiger partial charge in [0.2, 0.25) is 5.95 Å². The average Bonchev–Trinajstić information content (AvgIpc) is 3.01. The number of benzene rings is 1. The van der Waals surface area contributed by atoms with Gasteiger partial charge in [-0.3, -0.25) is 0 Å². The number of hydrogen-bond donors (Lipinski definition) is 1. The van der Waals surface area contributed by atoms with Gasteiger partial charge in [-0.1, -0.05) is 6.07 Å². The Morgan fingerprint density at radius 2 is 1.96 bits per heavy atom. The first-order chi connectivity index (χ1) is 11.8. The molecule has 0 spiro atoms. The van der Waals surface area contributed by atoms with Crippen molar-refractivity contribution < 1.29 is 22.0 Å². The number of pyridine rings is 1. The Labute approximate surface area is 141 Å². The Bertz CT molecular complexity index is 730. The van der Waals surface area contributed by atoms with Crippen molar-refractivity contribution in [3.8, 4) is 0 Å². The molecule has 1 N–H and O–H groups in total. The van der Waals surface area contributed by atoms with Gasteiger partial charge in [0.25, 0.3) is 0 Å². The molecular formula is C17H16F5N3. The smallest absolute Gasteiger partial charge is 0.369 e. The molecule has 2 aromatic rings. The zero-order chi connectivity index (χ0) is 18.0. The van der Waals surface area contributed by atoms with Crippen LogP contribution >= 0.6 is 0 Å². The van der Waals surface area contributed by atoms with Gasteiger partial charge in [-0.05, 0) is 36.2 Å². The quantitative estimate of drug-likeness (QED) is 0.667. The molecule has 1 saturated heterocycles. The summed E-state index contributed by atoms with van der Waals surface area (Å²) >= 11 is 0. The van der Waals surface area contributed by atoms with Crippen LogP contribution in [0.2, 0.25) is 0 Å². The molecule has 1 aromatic heterocycles. The van der Waals surface area contributed by atoms with Crippen LogP contribution in [0.1, 0.15) is 17.5 Å². The van der Waals surface area contributed by atoms with Crippen LogP contribution in [0.25, 0.3) is 0 Å². The minimum Gasteiger partial charge on any atom is -0.369 e. The molecule has 134 valence electrons. The summed E-state index contributed by atoms with van der Waals surface area (Å²) in [5.41, 5.74) is 0.00535. The molecule has 0 radical (unpaired) electrons. The van der Waals surface area contributed by atoms with Crippen molar-refractivity contribution in [3.05, 3.63) is 59.4 Å². The molecule has 1 aromatic carbocycles. The molecule has 1 aliphatic heterocycles. The molecule has 1 fully saturated rings. The molecule has 0 amide bonds. The summed E-state index contributed by atoms with van der Waals surface area (Å²) in [6.45, 7) is 1.69. The zero-order valence-electron chi connectivity index (χ0n) is 13.2. The van der Waals surface area contributed by atoms with Crippen LogP contribution in [0.4, 0.5) is 27.6 Å². The topological polar surface area (TPSA) is 28.2 Å². The normalized spacial score (nSPS) is 18.0. The van der Waals surface area contributed by atoms with Gasteiger partial charge in [-0.15, -0.1) is 0 Å². The Morgan fingerprint density at radius 1 is 1.16 bits per heavy atom. The summed E-state index contributed by atoms with van der Waals surface area (Å²) < 4.78 is 64.1. The second kappa shape index (κ2) is 6.95. The average molecular weight is 357 g/mol. The highest BCUT2D eigenvalue weighted by atomic mass is 19.4. The van der Waals surface area contributed by atoms with Crippen molar-refractivity contribution in [2.24, 2.45) is 0 Å². The number of alkyl halides is 3. The lowest BCUT2D eigenvalue weighted by atomic mass is 10.1. The molecule has 0 bridgehead atoms. The maximum absolute atomic E-state index is 13.6. The fourth-order valence-electron chi connectivity index (χ4n) is 2.88. The van der Waals surface area contributed by atoms with Crippen molar-refractivity contribution in [1.29, 1.82) is 0 Å². The second-order valence-electron chi connectivity index (χ2n) is 5.96. The first-order valence-electron chi connectivity index (χ1n) is 7.78. The Morgan fingerprint density at radius 3 is 2.60 bits per heavy atom. The largest absolute Gasteiger partial charge is 0.419 e. The highest BCUT2D eigenvalue weighted by Crippen LogP contribution is 2.31. The van der Waals surface area contributed by atoms with Crippen LogP contribution in [-0.2, 0) is 12.7 Å². The van der Waals surface area contributed by atoms with Crippen molar-refractivity contribution in [3.63, 3.8) is 0 Å². The van der Waals surface area contributed by atoms with Crippen LogP contribution in [0.15, 0.2) is 36.5 Å². The van der Waals surface area contributed by atoms with E-state index < -0.39 is 23.5 Å². The third kappa shape index (κ3) is 4.25. The SMILES string of the molecule is Fc1ccc(N2CC[C@H](NCc3ccc(C(F)(F)F)c(F)c3)C2)cn1. The number of nitrogens with one attached hydrogen (secondary N) is 1. The molecule has 3 nitrogen and oxygen atoms in total. The van der Waals surface area contributed by atoms with E-state index in [9.17, 15) is 22.0 Å². The van der Waals surface area contributed by atoms with E-state index in [0.29, 0.717) is 12.1 Å². The first-order valence-corrected chi connectivity index (χ1v) is 7.78. The minimum atomic E-state index is -4.69. The number of rotatable bonds is 4. The van der Waals surface area contributed by atoms with Gasteiger partial charge in [0, 0.05) is 25.7 Å². The van der Waals surface area contributed by atoms with Crippen LogP contribution in [0, 0.1) is 11.8 Å². The summed E-state index contributed by atoms with van der Waals surface area (Å²) in [6.07, 6.45) is -2.41. The highest BCUT2D eigenvalue weighted by Gasteiger charge is 2.33. The van der Waals surface area contributed by atoms with E-state index in [2.05, 4.69) is 10.3 Å². The molecule has 25 heavy (non-hydrogen) atoms. The number of hydrogen-bond acceptors (Lipinski definition) is 3. The van der Waals surface area contributed by atoms with Crippen molar-refractivity contribution in [2.45, 2.75) is 25.2 Å². The molecule has 1 atom stereocenters. The molecule has 3 rings (SSSR count). The summed E-state index contributed by atoms with van der Waals surface area (Å²) in [4.78, 5) is 5.66. The lowest BCUT2D eigenvalue weighted by molar-refractivity contribution is -0.140. The van der Waals surface area contributed by atoms with Gasteiger partial charge in [0.1, 0.15) is 5.82 Å². The molecule has 0 saturated carbocycles. The van der Waals surface area contributed by atoms with Gasteiger partial charge in [-0.2, -0.15) is 17.6 Å². The predicted molar refractivity (Wildman–Crippen MR) is 83.1 cm³/mol. The van der Waals surface area contributed by atoms with Crippen molar-refractivity contribution in [2.75, 3.05) is 18.0 Å². The summed E-state index contributed by atoms with van der Waals surface area (Å²) in [5, 5.41) is 3.21. The van der Waals surface area contributed by atoms with Crippen molar-refractivity contribution in [1.82, 2.24) is 10.3 Å². The van der Waals surface area contributed by atoms with E-state index in [1.165, 1.54) is 18.3 Å². The minimum absolute atomic E-state index is 0.107. The van der Waals surface area contributed by atoms with Crippen LogP contribution in [-0.4, -0.2) is 24.1 Å². The van der Waals surface area contributed by atoms with Gasteiger partial charge < -0.3 is 10.2 Å². The van der Waals surface area contributed by atoms with E-state index in [1.807, 2.05) is 4.90 Å².